The lowest BCUT2D eigenvalue weighted by Crippen LogP contribution is -2.24. The van der Waals surface area contributed by atoms with Crippen molar-refractivity contribution in [3.63, 3.8) is 0 Å². The van der Waals surface area contributed by atoms with Crippen LogP contribution in [-0.2, 0) is 21.2 Å². The van der Waals surface area contributed by atoms with Crippen LogP contribution in [0.5, 0.6) is 0 Å². The van der Waals surface area contributed by atoms with Crippen LogP contribution in [0.1, 0.15) is 22.4 Å². The van der Waals surface area contributed by atoms with Crippen LogP contribution in [0.25, 0.3) is 11.0 Å². The SMILES string of the molecule is Cc1ccc2c(=O)c(S(=O)(=O)c3ccc(C)c(C)c3)cn(CC(=O)Nc3ccc(C)c(F)c3)c2n1. The molecule has 0 aliphatic rings. The van der Waals surface area contributed by atoms with Crippen LogP contribution in [-0.4, -0.2) is 23.9 Å². The molecule has 2 aromatic carbocycles. The van der Waals surface area contributed by atoms with Gasteiger partial charge in [-0.2, -0.15) is 0 Å². The van der Waals surface area contributed by atoms with Crippen LogP contribution >= 0.6 is 0 Å². The van der Waals surface area contributed by atoms with Crippen molar-refractivity contribution in [3.8, 4) is 0 Å². The summed E-state index contributed by atoms with van der Waals surface area (Å²) in [5.41, 5.74) is 2.47. The Kier molecular flexibility index (Phi) is 6.29. The largest absolute Gasteiger partial charge is 0.324 e. The Labute approximate surface area is 202 Å². The molecule has 0 unspecified atom stereocenters. The molecule has 1 N–H and O–H groups in total. The maximum absolute atomic E-state index is 13.9. The Morgan fingerprint density at radius 3 is 2.37 bits per heavy atom. The van der Waals surface area contributed by atoms with E-state index in [0.29, 0.717) is 11.3 Å². The molecule has 2 aromatic heterocycles. The van der Waals surface area contributed by atoms with E-state index < -0.39 is 31.9 Å². The minimum atomic E-state index is -4.18. The van der Waals surface area contributed by atoms with Crippen LogP contribution in [0.4, 0.5) is 10.1 Å². The number of pyridine rings is 2. The van der Waals surface area contributed by atoms with E-state index in [4.69, 9.17) is 0 Å². The number of sulfone groups is 1. The number of halogens is 1. The second-order valence-electron chi connectivity index (χ2n) is 8.54. The Morgan fingerprint density at radius 2 is 1.69 bits per heavy atom. The number of aryl methyl sites for hydroxylation is 4. The van der Waals surface area contributed by atoms with Crippen molar-refractivity contribution >= 4 is 32.5 Å². The Bertz CT molecular complexity index is 1660. The smallest absolute Gasteiger partial charge is 0.244 e. The van der Waals surface area contributed by atoms with Gasteiger partial charge in [0.2, 0.25) is 21.2 Å². The maximum atomic E-state index is 13.9. The van der Waals surface area contributed by atoms with Gasteiger partial charge in [0.1, 0.15) is 22.9 Å². The maximum Gasteiger partial charge on any atom is 0.244 e. The number of amides is 1. The summed E-state index contributed by atoms with van der Waals surface area (Å²) >= 11 is 0. The molecule has 0 saturated heterocycles. The number of carbonyl (C=O) groups excluding carboxylic acids is 1. The summed E-state index contributed by atoms with van der Waals surface area (Å²) < 4.78 is 42.1. The lowest BCUT2D eigenvalue weighted by atomic mass is 10.1. The van der Waals surface area contributed by atoms with E-state index in [1.54, 1.807) is 45.0 Å². The molecular formula is C26H24FN3O4S. The van der Waals surface area contributed by atoms with Crippen molar-refractivity contribution in [3.05, 3.63) is 93.2 Å². The highest BCUT2D eigenvalue weighted by Gasteiger charge is 2.25. The molecule has 180 valence electrons. The third kappa shape index (κ3) is 4.72. The van der Waals surface area contributed by atoms with Gasteiger partial charge in [-0.3, -0.25) is 9.59 Å². The van der Waals surface area contributed by atoms with Crippen molar-refractivity contribution < 1.29 is 17.6 Å². The van der Waals surface area contributed by atoms with Gasteiger partial charge in [-0.05, 0) is 80.8 Å². The molecule has 0 atom stereocenters. The number of hydrogen-bond acceptors (Lipinski definition) is 5. The van der Waals surface area contributed by atoms with Crippen LogP contribution in [0.15, 0.2) is 69.3 Å². The number of fused-ring (bicyclic) bond motifs is 1. The molecular weight excluding hydrogens is 469 g/mol. The first-order chi connectivity index (χ1) is 16.5. The Balaban J connectivity index is 1.82. The van der Waals surface area contributed by atoms with Gasteiger partial charge >= 0.3 is 0 Å². The van der Waals surface area contributed by atoms with E-state index in [1.807, 2.05) is 6.92 Å². The summed E-state index contributed by atoms with van der Waals surface area (Å²) in [6, 6.07) is 12.1. The highest BCUT2D eigenvalue weighted by molar-refractivity contribution is 7.91. The number of rotatable bonds is 5. The van der Waals surface area contributed by atoms with Crippen molar-refractivity contribution in [1.82, 2.24) is 9.55 Å². The summed E-state index contributed by atoms with van der Waals surface area (Å²) in [6.45, 7) is 6.65. The molecule has 4 aromatic rings. The molecule has 9 heteroatoms. The van der Waals surface area contributed by atoms with Crippen LogP contribution in [0.3, 0.4) is 0 Å². The monoisotopic (exact) mass is 493 g/mol. The fourth-order valence-electron chi connectivity index (χ4n) is 3.68. The van der Waals surface area contributed by atoms with E-state index in [-0.39, 0.29) is 28.2 Å². The van der Waals surface area contributed by atoms with Crippen molar-refractivity contribution in [2.75, 3.05) is 5.32 Å². The molecule has 0 fully saturated rings. The second kappa shape index (κ2) is 9.07. The third-order valence-corrected chi connectivity index (χ3v) is 7.62. The molecule has 2 heterocycles. The average molecular weight is 494 g/mol. The van der Waals surface area contributed by atoms with E-state index in [9.17, 15) is 22.4 Å². The van der Waals surface area contributed by atoms with Gasteiger partial charge in [0.25, 0.3) is 0 Å². The molecule has 0 radical (unpaired) electrons. The summed E-state index contributed by atoms with van der Waals surface area (Å²) in [5.74, 6) is -0.994. The quantitative estimate of drug-likeness (QED) is 0.448. The van der Waals surface area contributed by atoms with E-state index in [2.05, 4.69) is 10.3 Å². The molecule has 0 aliphatic carbocycles. The van der Waals surface area contributed by atoms with E-state index in [1.165, 1.54) is 28.8 Å². The summed E-state index contributed by atoms with van der Waals surface area (Å²) in [7, 11) is -4.18. The van der Waals surface area contributed by atoms with Crippen LogP contribution < -0.4 is 10.7 Å². The fourth-order valence-corrected chi connectivity index (χ4v) is 5.13. The zero-order chi connectivity index (χ0) is 25.5. The molecule has 7 nitrogen and oxygen atoms in total. The minimum absolute atomic E-state index is 0.0109. The summed E-state index contributed by atoms with van der Waals surface area (Å²) in [6.07, 6.45) is 1.15. The second-order valence-corrected chi connectivity index (χ2v) is 10.5. The predicted molar refractivity (Wildman–Crippen MR) is 132 cm³/mol. The number of aromatic nitrogens is 2. The highest BCUT2D eigenvalue weighted by Crippen LogP contribution is 2.23. The molecule has 35 heavy (non-hydrogen) atoms. The number of hydrogen-bond donors (Lipinski definition) is 1. The van der Waals surface area contributed by atoms with Crippen LogP contribution in [0.2, 0.25) is 0 Å². The first kappa shape index (κ1) is 24.3. The van der Waals surface area contributed by atoms with Crippen LogP contribution in [0, 0.1) is 33.5 Å². The van der Waals surface area contributed by atoms with Gasteiger partial charge in [0.05, 0.1) is 10.3 Å². The fraction of sp³-hybridized carbons (Fsp3) is 0.192. The van der Waals surface area contributed by atoms with Gasteiger partial charge in [0, 0.05) is 17.6 Å². The van der Waals surface area contributed by atoms with Gasteiger partial charge in [0.15, 0.2) is 0 Å². The molecule has 0 spiro atoms. The summed E-state index contributed by atoms with van der Waals surface area (Å²) in [5, 5.41) is 2.68. The number of carbonyl (C=O) groups is 1. The number of nitrogens with one attached hydrogen (secondary N) is 1. The zero-order valence-corrected chi connectivity index (χ0v) is 20.5. The number of anilines is 1. The number of nitrogens with zero attached hydrogens (tertiary/aromatic N) is 2. The Morgan fingerprint density at radius 1 is 0.971 bits per heavy atom. The minimum Gasteiger partial charge on any atom is -0.324 e. The van der Waals surface area contributed by atoms with E-state index in [0.717, 1.165) is 17.3 Å². The molecule has 0 saturated carbocycles. The predicted octanol–water partition coefficient (Wildman–Crippen LogP) is 4.24. The molecule has 0 bridgehead atoms. The van der Waals surface area contributed by atoms with Gasteiger partial charge in [-0.25, -0.2) is 17.8 Å². The third-order valence-electron chi connectivity index (χ3n) is 5.88. The highest BCUT2D eigenvalue weighted by atomic mass is 32.2. The first-order valence-electron chi connectivity index (χ1n) is 10.9. The standard InChI is InChI=1S/C26H24FN3O4S/c1-15-6-9-20(11-17(15)3)35(33,34)23-13-30(26-21(25(23)32)10-7-18(4)28-26)14-24(31)29-19-8-5-16(2)22(27)12-19/h5-13H,14H2,1-4H3,(H,29,31). The van der Waals surface area contributed by atoms with Gasteiger partial charge < -0.3 is 9.88 Å². The lowest BCUT2D eigenvalue weighted by Gasteiger charge is -2.14. The van der Waals surface area contributed by atoms with Gasteiger partial charge in [-0.1, -0.05) is 12.1 Å². The molecule has 1 amide bonds. The number of benzene rings is 2. The lowest BCUT2D eigenvalue weighted by molar-refractivity contribution is -0.116. The van der Waals surface area contributed by atoms with Crippen molar-refractivity contribution in [1.29, 1.82) is 0 Å². The normalized spacial score (nSPS) is 11.6. The topological polar surface area (TPSA) is 98.1 Å². The van der Waals surface area contributed by atoms with E-state index >= 15 is 0 Å². The Hall–Kier alpha value is -3.85. The average Bonchev–Trinajstić information content (AvgIpc) is 2.79. The molecule has 4 rings (SSSR count). The summed E-state index contributed by atoms with van der Waals surface area (Å²) in [4.78, 5) is 29.9. The zero-order valence-electron chi connectivity index (χ0n) is 19.7. The van der Waals surface area contributed by atoms with Gasteiger partial charge in [-0.15, -0.1) is 0 Å². The van der Waals surface area contributed by atoms with Crippen molar-refractivity contribution in [2.24, 2.45) is 0 Å². The van der Waals surface area contributed by atoms with Crippen molar-refractivity contribution in [2.45, 2.75) is 44.0 Å². The molecule has 0 aliphatic heterocycles. The first-order valence-corrected chi connectivity index (χ1v) is 12.3.